The number of pyridine rings is 1. The van der Waals surface area contributed by atoms with Crippen LogP contribution in [0.1, 0.15) is 22.0 Å². The first-order valence-electron chi connectivity index (χ1n) is 6.69. The number of carbonyl (C=O) groups is 1. The normalized spacial score (nSPS) is 11.8. The summed E-state index contributed by atoms with van der Waals surface area (Å²) in [5.41, 5.74) is 1.43. The van der Waals surface area contributed by atoms with Gasteiger partial charge < -0.3 is 14.8 Å². The molecule has 1 heterocycles. The van der Waals surface area contributed by atoms with Crippen LogP contribution in [0.25, 0.3) is 0 Å². The van der Waals surface area contributed by atoms with Crippen LogP contribution in [0.5, 0.6) is 5.75 Å². The highest BCUT2D eigenvalue weighted by Gasteiger charge is 2.14. The van der Waals surface area contributed by atoms with Crippen LogP contribution in [0.2, 0.25) is 0 Å². The fraction of sp³-hybridized carbons (Fsp3) is 0.250. The summed E-state index contributed by atoms with van der Waals surface area (Å²) in [4.78, 5) is 16.1. The van der Waals surface area contributed by atoms with E-state index in [2.05, 4.69) is 26.2 Å². The van der Waals surface area contributed by atoms with Crippen LogP contribution in [-0.4, -0.2) is 31.7 Å². The highest BCUT2D eigenvalue weighted by molar-refractivity contribution is 9.10. The third kappa shape index (κ3) is 4.29. The highest BCUT2D eigenvalue weighted by atomic mass is 79.9. The molecule has 0 spiro atoms. The van der Waals surface area contributed by atoms with Gasteiger partial charge in [-0.1, -0.05) is 12.1 Å². The number of aromatic nitrogens is 1. The van der Waals surface area contributed by atoms with Gasteiger partial charge in [0.2, 0.25) is 0 Å². The van der Waals surface area contributed by atoms with Gasteiger partial charge in [-0.2, -0.15) is 0 Å². The van der Waals surface area contributed by atoms with Gasteiger partial charge in [0.15, 0.2) is 0 Å². The lowest BCUT2D eigenvalue weighted by Crippen LogP contribution is -2.29. The molecule has 0 radical (unpaired) electrons. The van der Waals surface area contributed by atoms with Crippen LogP contribution in [0, 0.1) is 0 Å². The van der Waals surface area contributed by atoms with Gasteiger partial charge in [0.1, 0.15) is 5.75 Å². The number of carbonyl (C=O) groups excluding carboxylic acids is 1. The number of amides is 1. The molecule has 1 aromatic heterocycles. The second kappa shape index (κ2) is 7.91. The Hall–Kier alpha value is -1.92. The van der Waals surface area contributed by atoms with E-state index >= 15 is 0 Å². The number of rotatable bonds is 6. The zero-order valence-electron chi connectivity index (χ0n) is 12.4. The van der Waals surface area contributed by atoms with Crippen LogP contribution >= 0.6 is 15.9 Å². The monoisotopic (exact) mass is 364 g/mol. The molecule has 6 heteroatoms. The summed E-state index contributed by atoms with van der Waals surface area (Å²) >= 11 is 3.30. The molecule has 0 bridgehead atoms. The summed E-state index contributed by atoms with van der Waals surface area (Å²) in [6.45, 7) is 0.356. The second-order valence-corrected chi connectivity index (χ2v) is 5.52. The molecule has 1 atom stereocenters. The Kier molecular flexibility index (Phi) is 5.91. The number of nitrogens with zero attached hydrogens (tertiary/aromatic N) is 1. The quantitative estimate of drug-likeness (QED) is 0.855. The maximum absolute atomic E-state index is 12.1. The number of methoxy groups -OCH3 is 2. The molecule has 2 aromatic rings. The molecule has 1 aromatic carbocycles. The van der Waals surface area contributed by atoms with Gasteiger partial charge in [-0.05, 0) is 39.7 Å². The molecule has 5 nitrogen and oxygen atoms in total. The number of halogens is 1. The van der Waals surface area contributed by atoms with Crippen molar-refractivity contribution in [1.29, 1.82) is 0 Å². The number of benzene rings is 1. The maximum Gasteiger partial charge on any atom is 0.252 e. The molecule has 2 rings (SSSR count). The van der Waals surface area contributed by atoms with Crippen LogP contribution < -0.4 is 10.1 Å². The summed E-state index contributed by atoms with van der Waals surface area (Å²) in [5.74, 6) is 0.556. The molecule has 1 N–H and O–H groups in total. The van der Waals surface area contributed by atoms with Crippen LogP contribution in [0.4, 0.5) is 0 Å². The molecule has 0 aliphatic carbocycles. The van der Waals surface area contributed by atoms with Gasteiger partial charge in [-0.25, -0.2) is 0 Å². The Morgan fingerprint density at radius 1 is 1.32 bits per heavy atom. The van der Waals surface area contributed by atoms with Crippen molar-refractivity contribution in [3.63, 3.8) is 0 Å². The average Bonchev–Trinajstić information content (AvgIpc) is 2.55. The van der Waals surface area contributed by atoms with Gasteiger partial charge in [0.05, 0.1) is 18.8 Å². The van der Waals surface area contributed by atoms with Crippen LogP contribution in [-0.2, 0) is 4.74 Å². The first-order chi connectivity index (χ1) is 10.6. The molecule has 0 aliphatic heterocycles. The summed E-state index contributed by atoms with van der Waals surface area (Å²) in [6.07, 6.45) is 2.90. The van der Waals surface area contributed by atoms with E-state index in [-0.39, 0.29) is 12.0 Å². The summed E-state index contributed by atoms with van der Waals surface area (Å²) in [7, 11) is 3.22. The van der Waals surface area contributed by atoms with E-state index in [1.807, 2.05) is 24.3 Å². The highest BCUT2D eigenvalue weighted by Crippen LogP contribution is 2.21. The predicted molar refractivity (Wildman–Crippen MR) is 87.0 cm³/mol. The third-order valence-electron chi connectivity index (χ3n) is 3.17. The van der Waals surface area contributed by atoms with Gasteiger partial charge in [0, 0.05) is 30.5 Å². The SMILES string of the molecule is COc1cccc(C(CNC(=O)c2cncc(Br)c2)OC)c1. The Labute approximate surface area is 137 Å². The Morgan fingerprint density at radius 3 is 2.82 bits per heavy atom. The smallest absolute Gasteiger partial charge is 0.252 e. The van der Waals surface area contributed by atoms with Crippen LogP contribution in [0.3, 0.4) is 0 Å². The van der Waals surface area contributed by atoms with E-state index < -0.39 is 0 Å². The Bertz CT molecular complexity index is 649. The molecule has 1 unspecified atom stereocenters. The van der Waals surface area contributed by atoms with Crippen molar-refractivity contribution in [1.82, 2.24) is 10.3 Å². The average molecular weight is 365 g/mol. The summed E-state index contributed by atoms with van der Waals surface area (Å²) < 4.78 is 11.4. The van der Waals surface area contributed by atoms with E-state index in [0.29, 0.717) is 12.1 Å². The minimum Gasteiger partial charge on any atom is -0.497 e. The largest absolute Gasteiger partial charge is 0.497 e. The molecule has 0 aliphatic rings. The number of hydrogen-bond acceptors (Lipinski definition) is 4. The molecule has 116 valence electrons. The minimum absolute atomic E-state index is 0.196. The van der Waals surface area contributed by atoms with Crippen molar-refractivity contribution >= 4 is 21.8 Å². The lowest BCUT2D eigenvalue weighted by Gasteiger charge is -2.17. The molecular weight excluding hydrogens is 348 g/mol. The fourth-order valence-corrected chi connectivity index (χ4v) is 2.37. The van der Waals surface area contributed by atoms with Gasteiger partial charge in [-0.15, -0.1) is 0 Å². The first kappa shape index (κ1) is 16.5. The van der Waals surface area contributed by atoms with Gasteiger partial charge >= 0.3 is 0 Å². The molecule has 0 fully saturated rings. The van der Waals surface area contributed by atoms with E-state index in [1.54, 1.807) is 26.5 Å². The summed E-state index contributed by atoms with van der Waals surface area (Å²) in [6, 6.07) is 9.29. The fourth-order valence-electron chi connectivity index (χ4n) is 2.00. The van der Waals surface area contributed by atoms with Crippen molar-refractivity contribution in [3.05, 3.63) is 58.3 Å². The lowest BCUT2D eigenvalue weighted by atomic mass is 10.1. The summed E-state index contributed by atoms with van der Waals surface area (Å²) in [5, 5.41) is 2.85. The second-order valence-electron chi connectivity index (χ2n) is 4.60. The van der Waals surface area contributed by atoms with Gasteiger partial charge in [-0.3, -0.25) is 9.78 Å². The first-order valence-corrected chi connectivity index (χ1v) is 7.49. The zero-order chi connectivity index (χ0) is 15.9. The minimum atomic E-state index is -0.251. The number of nitrogens with one attached hydrogen (secondary N) is 1. The van der Waals surface area contributed by atoms with Crippen molar-refractivity contribution in [2.75, 3.05) is 20.8 Å². The number of ether oxygens (including phenoxy) is 2. The van der Waals surface area contributed by atoms with Crippen molar-refractivity contribution in [2.45, 2.75) is 6.10 Å². The third-order valence-corrected chi connectivity index (χ3v) is 3.60. The molecule has 22 heavy (non-hydrogen) atoms. The standard InChI is InChI=1S/C16H17BrN2O3/c1-21-14-5-3-4-11(7-14)15(22-2)10-19-16(20)12-6-13(17)9-18-8-12/h3-9,15H,10H2,1-2H3,(H,19,20). The van der Waals surface area contributed by atoms with E-state index in [0.717, 1.165) is 15.8 Å². The lowest BCUT2D eigenvalue weighted by molar-refractivity contribution is 0.0827. The molecular formula is C16H17BrN2O3. The van der Waals surface area contributed by atoms with Crippen molar-refractivity contribution in [3.8, 4) is 5.75 Å². The Balaban J connectivity index is 2.03. The number of hydrogen-bond donors (Lipinski definition) is 1. The molecule has 1 amide bonds. The topological polar surface area (TPSA) is 60.5 Å². The van der Waals surface area contributed by atoms with Crippen LogP contribution in [0.15, 0.2) is 47.2 Å². The van der Waals surface area contributed by atoms with Crippen molar-refractivity contribution < 1.29 is 14.3 Å². The van der Waals surface area contributed by atoms with Gasteiger partial charge in [0.25, 0.3) is 5.91 Å². The maximum atomic E-state index is 12.1. The van der Waals surface area contributed by atoms with E-state index in [4.69, 9.17) is 9.47 Å². The van der Waals surface area contributed by atoms with E-state index in [9.17, 15) is 4.79 Å². The molecule has 0 saturated heterocycles. The predicted octanol–water partition coefficient (Wildman–Crippen LogP) is 2.97. The Morgan fingerprint density at radius 2 is 2.14 bits per heavy atom. The molecule has 0 saturated carbocycles. The zero-order valence-corrected chi connectivity index (χ0v) is 14.0. The van der Waals surface area contributed by atoms with E-state index in [1.165, 1.54) is 6.20 Å². The van der Waals surface area contributed by atoms with Crippen molar-refractivity contribution in [2.24, 2.45) is 0 Å².